The second-order valence-electron chi connectivity index (χ2n) is 5.62. The van der Waals surface area contributed by atoms with Crippen LogP contribution >= 0.6 is 11.6 Å². The van der Waals surface area contributed by atoms with Crippen LogP contribution in [0.4, 0.5) is 11.4 Å². The van der Waals surface area contributed by atoms with Crippen LogP contribution in [0.2, 0.25) is 5.02 Å². The molecule has 1 aliphatic rings. The maximum atomic E-state index is 13.3. The van der Waals surface area contributed by atoms with Crippen molar-refractivity contribution in [3.63, 3.8) is 0 Å². The SMILES string of the molecule is COc1ccc(Cl)c(S(=O)(=O)N2CC(C)C(=O)Nc3ccncc32)c1. The van der Waals surface area contributed by atoms with Gasteiger partial charge in [0.15, 0.2) is 0 Å². The van der Waals surface area contributed by atoms with Crippen LogP contribution in [0, 0.1) is 5.92 Å². The molecule has 25 heavy (non-hydrogen) atoms. The lowest BCUT2D eigenvalue weighted by Gasteiger charge is -2.25. The Morgan fingerprint density at radius 2 is 2.12 bits per heavy atom. The first kappa shape index (κ1) is 17.5. The van der Waals surface area contributed by atoms with E-state index in [1.165, 1.54) is 31.6 Å². The smallest absolute Gasteiger partial charge is 0.266 e. The first-order valence-electron chi connectivity index (χ1n) is 7.45. The number of methoxy groups -OCH3 is 1. The van der Waals surface area contributed by atoms with Gasteiger partial charge in [0.05, 0.1) is 35.6 Å². The van der Waals surface area contributed by atoms with Gasteiger partial charge in [-0.25, -0.2) is 8.42 Å². The summed E-state index contributed by atoms with van der Waals surface area (Å²) in [7, 11) is -2.59. The zero-order chi connectivity index (χ0) is 18.2. The van der Waals surface area contributed by atoms with Gasteiger partial charge in [-0.15, -0.1) is 0 Å². The van der Waals surface area contributed by atoms with Gasteiger partial charge in [0.2, 0.25) is 5.91 Å². The van der Waals surface area contributed by atoms with Crippen molar-refractivity contribution in [1.82, 2.24) is 4.98 Å². The van der Waals surface area contributed by atoms with Crippen LogP contribution in [0.25, 0.3) is 0 Å². The Labute approximate surface area is 150 Å². The molecular formula is C16H16ClN3O4S. The fourth-order valence-corrected chi connectivity index (χ4v) is 4.58. The molecule has 3 rings (SSSR count). The van der Waals surface area contributed by atoms with E-state index < -0.39 is 15.9 Å². The van der Waals surface area contributed by atoms with E-state index in [4.69, 9.17) is 16.3 Å². The van der Waals surface area contributed by atoms with Gasteiger partial charge in [0, 0.05) is 18.8 Å². The minimum Gasteiger partial charge on any atom is -0.497 e. The number of carbonyl (C=O) groups excluding carboxylic acids is 1. The summed E-state index contributed by atoms with van der Waals surface area (Å²) in [4.78, 5) is 16.0. The average molecular weight is 382 g/mol. The molecule has 0 spiro atoms. The number of anilines is 2. The molecule has 1 atom stereocenters. The Morgan fingerprint density at radius 3 is 2.84 bits per heavy atom. The fourth-order valence-electron chi connectivity index (χ4n) is 2.53. The Kier molecular flexibility index (Phi) is 4.57. The molecule has 132 valence electrons. The fraction of sp³-hybridized carbons (Fsp3) is 0.250. The summed E-state index contributed by atoms with van der Waals surface area (Å²) >= 11 is 6.13. The monoisotopic (exact) mass is 381 g/mol. The number of sulfonamides is 1. The minimum atomic E-state index is -4.03. The lowest BCUT2D eigenvalue weighted by molar-refractivity contribution is -0.119. The second kappa shape index (κ2) is 6.53. The lowest BCUT2D eigenvalue weighted by Crippen LogP contribution is -2.36. The minimum absolute atomic E-state index is 0.0274. The molecule has 0 aliphatic carbocycles. The summed E-state index contributed by atoms with van der Waals surface area (Å²) < 4.78 is 32.8. The second-order valence-corrected chi connectivity index (χ2v) is 7.85. The normalized spacial score (nSPS) is 17.5. The molecular weight excluding hydrogens is 366 g/mol. The van der Waals surface area contributed by atoms with Gasteiger partial charge in [0.1, 0.15) is 10.6 Å². The van der Waals surface area contributed by atoms with Crippen molar-refractivity contribution in [3.8, 4) is 5.75 Å². The molecule has 1 aromatic carbocycles. The first-order valence-corrected chi connectivity index (χ1v) is 9.27. The highest BCUT2D eigenvalue weighted by Gasteiger charge is 2.34. The quantitative estimate of drug-likeness (QED) is 0.882. The van der Waals surface area contributed by atoms with E-state index in [2.05, 4.69) is 10.3 Å². The summed E-state index contributed by atoms with van der Waals surface area (Å²) in [6.07, 6.45) is 2.89. The van der Waals surface area contributed by atoms with E-state index in [9.17, 15) is 13.2 Å². The molecule has 1 aliphatic heterocycles. The summed E-state index contributed by atoms with van der Waals surface area (Å²) in [5, 5.41) is 2.79. The van der Waals surface area contributed by atoms with Crippen LogP contribution in [-0.2, 0) is 14.8 Å². The number of hydrogen-bond donors (Lipinski definition) is 1. The van der Waals surface area contributed by atoms with Gasteiger partial charge in [-0.2, -0.15) is 0 Å². The third-order valence-electron chi connectivity index (χ3n) is 3.92. The van der Waals surface area contributed by atoms with Crippen molar-refractivity contribution in [2.24, 2.45) is 5.92 Å². The number of nitrogens with zero attached hydrogens (tertiary/aromatic N) is 2. The number of fused-ring (bicyclic) bond motifs is 1. The van der Waals surface area contributed by atoms with E-state index in [0.717, 1.165) is 4.31 Å². The van der Waals surface area contributed by atoms with Crippen molar-refractivity contribution in [2.75, 3.05) is 23.3 Å². The molecule has 1 aromatic heterocycles. The van der Waals surface area contributed by atoms with E-state index in [0.29, 0.717) is 17.1 Å². The number of nitrogens with one attached hydrogen (secondary N) is 1. The highest BCUT2D eigenvalue weighted by atomic mass is 35.5. The number of halogens is 1. The van der Waals surface area contributed by atoms with Gasteiger partial charge < -0.3 is 10.1 Å². The van der Waals surface area contributed by atoms with E-state index in [1.54, 1.807) is 19.1 Å². The molecule has 1 unspecified atom stereocenters. The maximum absolute atomic E-state index is 13.3. The van der Waals surface area contributed by atoms with Crippen LogP contribution in [0.3, 0.4) is 0 Å². The number of hydrogen-bond acceptors (Lipinski definition) is 5. The van der Waals surface area contributed by atoms with Gasteiger partial charge in [-0.05, 0) is 18.2 Å². The standard InChI is InChI=1S/C16H16ClN3O4S/c1-10-9-20(14-8-18-6-5-13(14)19-16(10)21)25(22,23)15-7-11(24-2)3-4-12(15)17/h3-8,10H,9H2,1-2H3,(H,19,21). The Morgan fingerprint density at radius 1 is 1.36 bits per heavy atom. The Hall–Kier alpha value is -2.32. The van der Waals surface area contributed by atoms with Gasteiger partial charge in [-0.3, -0.25) is 14.1 Å². The van der Waals surface area contributed by atoms with Crippen LogP contribution < -0.4 is 14.4 Å². The average Bonchev–Trinajstić information content (AvgIpc) is 2.72. The largest absolute Gasteiger partial charge is 0.497 e. The number of aromatic nitrogens is 1. The maximum Gasteiger partial charge on any atom is 0.266 e. The summed E-state index contributed by atoms with van der Waals surface area (Å²) in [5.41, 5.74) is 0.672. The molecule has 2 aromatic rings. The zero-order valence-electron chi connectivity index (χ0n) is 13.6. The van der Waals surface area contributed by atoms with Gasteiger partial charge >= 0.3 is 0 Å². The number of rotatable bonds is 3. The lowest BCUT2D eigenvalue weighted by atomic mass is 10.2. The van der Waals surface area contributed by atoms with Crippen LogP contribution in [-0.4, -0.2) is 33.0 Å². The van der Waals surface area contributed by atoms with Gasteiger partial charge in [0.25, 0.3) is 10.0 Å². The summed E-state index contributed by atoms with van der Waals surface area (Å²) in [6, 6.07) is 5.95. The van der Waals surface area contributed by atoms with E-state index >= 15 is 0 Å². The van der Waals surface area contributed by atoms with Crippen molar-refractivity contribution in [3.05, 3.63) is 41.7 Å². The van der Waals surface area contributed by atoms with Crippen LogP contribution in [0.15, 0.2) is 41.6 Å². The molecule has 2 heterocycles. The number of carbonyl (C=O) groups is 1. The molecule has 7 nitrogen and oxygen atoms in total. The molecule has 0 saturated heterocycles. The van der Waals surface area contributed by atoms with Crippen LogP contribution in [0.1, 0.15) is 6.92 Å². The van der Waals surface area contributed by atoms with Crippen molar-refractivity contribution < 1.29 is 17.9 Å². The number of amides is 1. The topological polar surface area (TPSA) is 88.6 Å². The third-order valence-corrected chi connectivity index (χ3v) is 6.18. The Bertz CT molecular complexity index is 933. The molecule has 9 heteroatoms. The summed E-state index contributed by atoms with van der Waals surface area (Å²) in [6.45, 7) is 1.63. The highest BCUT2D eigenvalue weighted by molar-refractivity contribution is 7.93. The first-order chi connectivity index (χ1) is 11.8. The molecule has 1 N–H and O–H groups in total. The highest BCUT2D eigenvalue weighted by Crippen LogP contribution is 2.36. The van der Waals surface area contributed by atoms with Gasteiger partial charge in [-0.1, -0.05) is 18.5 Å². The number of benzene rings is 1. The van der Waals surface area contributed by atoms with Crippen LogP contribution in [0.5, 0.6) is 5.75 Å². The molecule has 0 fully saturated rings. The number of ether oxygens (including phenoxy) is 1. The number of pyridine rings is 1. The third kappa shape index (κ3) is 3.14. The predicted octanol–water partition coefficient (Wildman–Crippen LogP) is 2.53. The van der Waals surface area contributed by atoms with Crippen molar-refractivity contribution in [1.29, 1.82) is 0 Å². The summed E-state index contributed by atoms with van der Waals surface area (Å²) in [5.74, 6) is -0.445. The Balaban J connectivity index is 2.18. The molecule has 1 amide bonds. The van der Waals surface area contributed by atoms with E-state index in [-0.39, 0.29) is 22.4 Å². The van der Waals surface area contributed by atoms with E-state index in [1.807, 2.05) is 0 Å². The molecule has 0 bridgehead atoms. The zero-order valence-corrected chi connectivity index (χ0v) is 15.1. The molecule has 0 saturated carbocycles. The van der Waals surface area contributed by atoms with Crippen molar-refractivity contribution >= 4 is 38.9 Å². The van der Waals surface area contributed by atoms with Crippen molar-refractivity contribution in [2.45, 2.75) is 11.8 Å². The molecule has 0 radical (unpaired) electrons. The predicted molar refractivity (Wildman–Crippen MR) is 94.6 cm³/mol.